The molecule has 0 fully saturated rings. The lowest BCUT2D eigenvalue weighted by Gasteiger charge is -2.30. The molecule has 1 amide bonds. The van der Waals surface area contributed by atoms with Crippen LogP contribution in [0.1, 0.15) is 278 Å². The van der Waals surface area contributed by atoms with Gasteiger partial charge in [-0.2, -0.15) is 0 Å². The molecule has 0 aromatic carbocycles. The Bertz CT molecular complexity index is 1510. The van der Waals surface area contributed by atoms with Crippen LogP contribution in [-0.2, 0) is 27.9 Å². The average molecular weight is 1070 g/mol. The molecule has 0 rings (SSSR count). The fraction of sp³-hybridized carbons (Fsp3) is 0.785. The fourth-order valence-electron chi connectivity index (χ4n) is 8.74. The van der Waals surface area contributed by atoms with Crippen LogP contribution >= 0.6 is 7.82 Å². The highest BCUT2D eigenvalue weighted by atomic mass is 31.2. The Kier molecular flexibility index (Phi) is 52.9. The van der Waals surface area contributed by atoms with E-state index in [0.717, 1.165) is 103 Å². The van der Waals surface area contributed by atoms with Crippen LogP contribution in [0.25, 0.3) is 0 Å². The third-order valence-electron chi connectivity index (χ3n) is 13.6. The lowest BCUT2D eigenvalue weighted by Crippen LogP contribution is -2.47. The monoisotopic (exact) mass is 1070 g/mol. The van der Waals surface area contributed by atoms with Gasteiger partial charge in [0.15, 0.2) is 0 Å². The van der Waals surface area contributed by atoms with Gasteiger partial charge in [0.2, 0.25) is 5.91 Å². The van der Waals surface area contributed by atoms with E-state index in [9.17, 15) is 19.0 Å². The minimum Gasteiger partial charge on any atom is -0.756 e. The van der Waals surface area contributed by atoms with E-state index >= 15 is 0 Å². The van der Waals surface area contributed by atoms with Crippen LogP contribution in [0.5, 0.6) is 0 Å². The minimum atomic E-state index is -4.70. The number of ether oxygens (including phenoxy) is 1. The number of nitrogens with zero attached hydrogens (tertiary/aromatic N) is 1. The number of esters is 1. The summed E-state index contributed by atoms with van der Waals surface area (Å²) in [6.45, 7) is 6.78. The number of amides is 1. The molecule has 3 atom stereocenters. The van der Waals surface area contributed by atoms with E-state index in [4.69, 9.17) is 13.8 Å². The van der Waals surface area contributed by atoms with Gasteiger partial charge >= 0.3 is 5.97 Å². The number of rotatable bonds is 56. The molecule has 0 aromatic heterocycles. The summed E-state index contributed by atoms with van der Waals surface area (Å²) in [4.78, 5) is 40.0. The Labute approximate surface area is 463 Å². The molecule has 9 nitrogen and oxygen atoms in total. The second kappa shape index (κ2) is 54.8. The molecular formula is C65H119N2O7P. The zero-order chi connectivity index (χ0) is 55.0. The molecule has 0 bridgehead atoms. The van der Waals surface area contributed by atoms with E-state index < -0.39 is 26.6 Å². The van der Waals surface area contributed by atoms with Crippen molar-refractivity contribution in [2.75, 3.05) is 40.9 Å². The molecule has 0 aliphatic rings. The number of nitrogens with one attached hydrogen (secondary N) is 1. The van der Waals surface area contributed by atoms with Gasteiger partial charge in [0.05, 0.1) is 33.8 Å². The Morgan fingerprint density at radius 2 is 0.813 bits per heavy atom. The Morgan fingerprint density at radius 1 is 0.467 bits per heavy atom. The Hall–Kier alpha value is -2.55. The Balaban J connectivity index is 5.23. The van der Waals surface area contributed by atoms with E-state index in [-0.39, 0.29) is 24.9 Å². The predicted octanol–water partition coefficient (Wildman–Crippen LogP) is 18.6. The average Bonchev–Trinajstić information content (AvgIpc) is 3.37. The van der Waals surface area contributed by atoms with Crippen molar-refractivity contribution in [1.82, 2.24) is 5.32 Å². The van der Waals surface area contributed by atoms with Crippen LogP contribution in [-0.4, -0.2) is 69.4 Å². The van der Waals surface area contributed by atoms with Gasteiger partial charge in [-0.15, -0.1) is 0 Å². The van der Waals surface area contributed by atoms with E-state index in [1.165, 1.54) is 141 Å². The summed E-state index contributed by atoms with van der Waals surface area (Å²) in [5, 5.41) is 3.02. The lowest BCUT2D eigenvalue weighted by molar-refractivity contribution is -0.870. The zero-order valence-electron chi connectivity index (χ0n) is 49.7. The van der Waals surface area contributed by atoms with Crippen molar-refractivity contribution in [1.29, 1.82) is 0 Å². The molecule has 0 saturated carbocycles. The summed E-state index contributed by atoms with van der Waals surface area (Å²) in [5.74, 6) is -0.557. The third-order valence-corrected chi connectivity index (χ3v) is 14.6. The second-order valence-electron chi connectivity index (χ2n) is 22.2. The molecule has 0 aromatic rings. The van der Waals surface area contributed by atoms with E-state index in [1.54, 1.807) is 0 Å². The summed E-state index contributed by atoms with van der Waals surface area (Å²) in [5.41, 5.74) is 0. The molecule has 0 aliphatic heterocycles. The van der Waals surface area contributed by atoms with Gasteiger partial charge in [-0.25, -0.2) is 0 Å². The van der Waals surface area contributed by atoms with Crippen LogP contribution in [0.4, 0.5) is 0 Å². The maximum absolute atomic E-state index is 13.5. The van der Waals surface area contributed by atoms with Crippen molar-refractivity contribution >= 4 is 19.7 Å². The van der Waals surface area contributed by atoms with Gasteiger partial charge in [-0.1, -0.05) is 235 Å². The minimum absolute atomic E-state index is 0.0274. The summed E-state index contributed by atoms with van der Waals surface area (Å²) < 4.78 is 30.3. The van der Waals surface area contributed by atoms with E-state index in [2.05, 4.69) is 86.8 Å². The number of unbranched alkanes of at least 4 members (excludes halogenated alkanes) is 30. The molecule has 10 heteroatoms. The number of likely N-dealkylation sites (N-methyl/N-ethyl adjacent to an activating group) is 1. The number of allylic oxidation sites excluding steroid dienone is 11. The van der Waals surface area contributed by atoms with Crippen molar-refractivity contribution in [2.45, 2.75) is 290 Å². The quantitative estimate of drug-likeness (QED) is 0.0212. The number of quaternary nitrogens is 1. The van der Waals surface area contributed by atoms with Crippen molar-refractivity contribution in [3.8, 4) is 0 Å². The molecule has 0 saturated heterocycles. The molecule has 0 spiro atoms. The smallest absolute Gasteiger partial charge is 0.306 e. The molecule has 0 heterocycles. The van der Waals surface area contributed by atoms with Crippen LogP contribution in [0.15, 0.2) is 72.9 Å². The van der Waals surface area contributed by atoms with Crippen LogP contribution in [0.2, 0.25) is 0 Å². The van der Waals surface area contributed by atoms with Gasteiger partial charge in [-0.3, -0.25) is 14.2 Å². The second-order valence-corrected chi connectivity index (χ2v) is 23.6. The van der Waals surface area contributed by atoms with Gasteiger partial charge < -0.3 is 28.5 Å². The highest BCUT2D eigenvalue weighted by Crippen LogP contribution is 2.38. The first kappa shape index (κ1) is 72.5. The third kappa shape index (κ3) is 56.0. The normalized spacial score (nSPS) is 14.2. The van der Waals surface area contributed by atoms with Gasteiger partial charge in [0.25, 0.3) is 7.82 Å². The summed E-state index contributed by atoms with van der Waals surface area (Å²) >= 11 is 0. The first-order valence-corrected chi connectivity index (χ1v) is 32.7. The number of carbonyl (C=O) groups is 2. The van der Waals surface area contributed by atoms with Crippen LogP contribution in [0, 0.1) is 0 Å². The number of hydrogen-bond donors (Lipinski definition) is 1. The van der Waals surface area contributed by atoms with Crippen molar-refractivity contribution in [3.05, 3.63) is 72.9 Å². The highest BCUT2D eigenvalue weighted by molar-refractivity contribution is 7.45. The first-order chi connectivity index (χ1) is 36.4. The van der Waals surface area contributed by atoms with Crippen molar-refractivity contribution in [3.63, 3.8) is 0 Å². The number of phosphoric ester groups is 1. The molecular weight excluding hydrogens is 952 g/mol. The maximum atomic E-state index is 13.5. The van der Waals surface area contributed by atoms with E-state index in [0.29, 0.717) is 17.4 Å². The van der Waals surface area contributed by atoms with Crippen molar-refractivity contribution in [2.24, 2.45) is 0 Å². The van der Waals surface area contributed by atoms with Crippen molar-refractivity contribution < 1.29 is 37.3 Å². The van der Waals surface area contributed by atoms with Crippen LogP contribution < -0.4 is 10.2 Å². The topological polar surface area (TPSA) is 114 Å². The molecule has 0 radical (unpaired) electrons. The number of phosphoric acid groups is 1. The molecule has 436 valence electrons. The fourth-order valence-corrected chi connectivity index (χ4v) is 9.46. The largest absolute Gasteiger partial charge is 0.756 e. The Morgan fingerprint density at radius 3 is 1.24 bits per heavy atom. The first-order valence-electron chi connectivity index (χ1n) is 31.2. The standard InChI is InChI=1S/C65H119N2O7P/c1-7-10-13-16-19-22-25-27-29-31-32-33-34-36-38-40-43-46-49-52-55-58-65(69)74-63(56-53-50-47-44-41-24-21-18-15-12-9-3)62(61-73-75(70,71)72-60-59-67(4,5)6)66-64(68)57-54-51-48-45-42-39-37-35-30-28-26-23-20-17-14-11-8-2/h19-20,22-23,27-30,32-33,53,56,62-63H,7-18,21,24-26,31,34-52,54-55,57-61H2,1-6H3,(H-,66,68,70,71)/b22-19-,23-20-,29-27-,30-28-,33-32-,56-53+. The summed E-state index contributed by atoms with van der Waals surface area (Å²) in [6.07, 6.45) is 70.0. The molecule has 75 heavy (non-hydrogen) atoms. The SMILES string of the molecule is CCCCC/C=C\C/C=C\C/C=C\CCCCCCCCCCC(=O)OC(/C=C/CCCCCCCCCCC)C(COP(=O)([O-])OCC[N+](C)(C)C)NC(=O)CCCCCCCCC/C=C\C/C=C\CCCCC. The van der Waals surface area contributed by atoms with Gasteiger partial charge in [0.1, 0.15) is 19.3 Å². The molecule has 0 aliphatic carbocycles. The highest BCUT2D eigenvalue weighted by Gasteiger charge is 2.27. The van der Waals surface area contributed by atoms with Crippen LogP contribution in [0.3, 0.4) is 0 Å². The van der Waals surface area contributed by atoms with Gasteiger partial charge in [-0.05, 0) is 102 Å². The molecule has 1 N–H and O–H groups in total. The van der Waals surface area contributed by atoms with E-state index in [1.807, 2.05) is 33.3 Å². The summed E-state index contributed by atoms with van der Waals surface area (Å²) in [6, 6.07) is -0.898. The lowest BCUT2D eigenvalue weighted by atomic mass is 10.1. The number of hydrogen-bond acceptors (Lipinski definition) is 7. The maximum Gasteiger partial charge on any atom is 0.306 e. The summed E-state index contributed by atoms with van der Waals surface area (Å²) in [7, 11) is 1.17. The molecule has 3 unspecified atom stereocenters. The predicted molar refractivity (Wildman–Crippen MR) is 321 cm³/mol. The zero-order valence-corrected chi connectivity index (χ0v) is 50.6. The number of carbonyl (C=O) groups excluding carboxylic acids is 2. The van der Waals surface area contributed by atoms with Gasteiger partial charge in [0, 0.05) is 12.8 Å².